The number of nitrogens with one attached hydrogen (secondary N) is 1. The standard InChI is InChI=1S/C24H20N2O5.H2/c1-29-22(27)16-7-5-15(6-8-16)18-3-2-4-21(25-18)26-23(28)24(11-12-24)17-9-10-19-20(13-17)31-14-30-19;/h2-10,13H,11-12,14H2,1H3,(H,25,26,28);1H. The summed E-state index contributed by atoms with van der Waals surface area (Å²) < 4.78 is 15.6. The first-order chi connectivity index (χ1) is 15.1. The van der Waals surface area contributed by atoms with Crippen molar-refractivity contribution in [1.82, 2.24) is 4.98 Å². The van der Waals surface area contributed by atoms with E-state index in [1.165, 1.54) is 7.11 Å². The van der Waals surface area contributed by atoms with Gasteiger partial charge in [0.25, 0.3) is 0 Å². The van der Waals surface area contributed by atoms with Crippen molar-refractivity contribution in [1.29, 1.82) is 0 Å². The summed E-state index contributed by atoms with van der Waals surface area (Å²) in [5.74, 6) is 1.38. The van der Waals surface area contributed by atoms with Crippen LogP contribution in [0.3, 0.4) is 0 Å². The van der Waals surface area contributed by atoms with Crippen LogP contribution in [0.5, 0.6) is 11.5 Å². The van der Waals surface area contributed by atoms with Crippen LogP contribution < -0.4 is 14.8 Å². The lowest BCUT2D eigenvalue weighted by molar-refractivity contribution is -0.118. The number of carbonyl (C=O) groups is 2. The summed E-state index contributed by atoms with van der Waals surface area (Å²) >= 11 is 0. The Hall–Kier alpha value is -3.87. The van der Waals surface area contributed by atoms with Gasteiger partial charge in [0.15, 0.2) is 11.5 Å². The number of fused-ring (bicyclic) bond motifs is 1. The second kappa shape index (κ2) is 7.43. The molecule has 2 heterocycles. The molecule has 1 aliphatic carbocycles. The van der Waals surface area contributed by atoms with Crippen molar-refractivity contribution in [2.45, 2.75) is 18.3 Å². The number of pyridine rings is 1. The Morgan fingerprint density at radius 1 is 1.03 bits per heavy atom. The molecule has 1 aromatic heterocycles. The molecular formula is C24H22N2O5. The number of anilines is 1. The lowest BCUT2D eigenvalue weighted by Crippen LogP contribution is -2.28. The van der Waals surface area contributed by atoms with Crippen LogP contribution in [0.1, 0.15) is 30.2 Å². The van der Waals surface area contributed by atoms with Gasteiger partial charge >= 0.3 is 5.97 Å². The molecule has 3 aromatic rings. The Morgan fingerprint density at radius 2 is 1.81 bits per heavy atom. The van der Waals surface area contributed by atoms with Crippen LogP contribution in [0.4, 0.5) is 5.82 Å². The molecule has 0 spiro atoms. The third kappa shape index (κ3) is 3.48. The molecule has 0 saturated heterocycles. The van der Waals surface area contributed by atoms with Crippen molar-refractivity contribution >= 4 is 17.7 Å². The van der Waals surface area contributed by atoms with Gasteiger partial charge in [0.1, 0.15) is 5.82 Å². The first-order valence-electron chi connectivity index (χ1n) is 9.96. The third-order valence-electron chi connectivity index (χ3n) is 5.70. The Kier molecular flexibility index (Phi) is 4.58. The molecule has 7 nitrogen and oxygen atoms in total. The topological polar surface area (TPSA) is 86.8 Å². The maximum Gasteiger partial charge on any atom is 0.337 e. The molecule has 1 saturated carbocycles. The van der Waals surface area contributed by atoms with Crippen molar-refractivity contribution in [3.8, 4) is 22.8 Å². The van der Waals surface area contributed by atoms with Gasteiger partial charge in [0, 0.05) is 6.99 Å². The molecule has 0 unspecified atom stereocenters. The van der Waals surface area contributed by atoms with E-state index < -0.39 is 11.4 Å². The molecule has 2 aliphatic rings. The predicted octanol–water partition coefficient (Wildman–Crippen LogP) is 4.18. The monoisotopic (exact) mass is 418 g/mol. The minimum atomic E-state index is -0.569. The number of methoxy groups -OCH3 is 1. The molecule has 158 valence electrons. The zero-order valence-electron chi connectivity index (χ0n) is 16.9. The Labute approximate surface area is 180 Å². The maximum absolute atomic E-state index is 13.1. The summed E-state index contributed by atoms with van der Waals surface area (Å²) in [6, 6.07) is 18.1. The minimum absolute atomic E-state index is 0. The number of hydrogen-bond acceptors (Lipinski definition) is 6. The fourth-order valence-corrected chi connectivity index (χ4v) is 3.76. The SMILES string of the molecule is COC(=O)c1ccc(-c2cccc(NC(=O)C3(c4ccc5c(c4)OCO5)CC3)n2)cc1.[HH]. The average Bonchev–Trinajstić information content (AvgIpc) is 3.49. The molecule has 0 bridgehead atoms. The van der Waals surface area contributed by atoms with Crippen molar-refractivity contribution in [3.63, 3.8) is 0 Å². The van der Waals surface area contributed by atoms with Crippen molar-refractivity contribution in [3.05, 3.63) is 71.8 Å². The van der Waals surface area contributed by atoms with E-state index in [-0.39, 0.29) is 14.1 Å². The highest BCUT2D eigenvalue weighted by Gasteiger charge is 2.51. The molecule has 31 heavy (non-hydrogen) atoms. The summed E-state index contributed by atoms with van der Waals surface area (Å²) in [6.45, 7) is 0.204. The molecule has 0 atom stereocenters. The van der Waals surface area contributed by atoms with Crippen molar-refractivity contribution in [2.24, 2.45) is 0 Å². The second-order valence-corrected chi connectivity index (χ2v) is 7.58. The van der Waals surface area contributed by atoms with Crippen LogP contribution in [0.15, 0.2) is 60.7 Å². The average molecular weight is 418 g/mol. The molecule has 1 aliphatic heterocycles. The van der Waals surface area contributed by atoms with Gasteiger partial charge in [-0.05, 0) is 54.8 Å². The van der Waals surface area contributed by atoms with E-state index in [0.717, 1.165) is 24.0 Å². The Morgan fingerprint density at radius 3 is 2.55 bits per heavy atom. The van der Waals surface area contributed by atoms with E-state index in [9.17, 15) is 9.59 Å². The van der Waals surface area contributed by atoms with Gasteiger partial charge in [-0.25, -0.2) is 9.78 Å². The first-order valence-corrected chi connectivity index (χ1v) is 9.96. The van der Waals surface area contributed by atoms with Crippen LogP contribution >= 0.6 is 0 Å². The number of amides is 1. The zero-order valence-corrected chi connectivity index (χ0v) is 16.9. The van der Waals surface area contributed by atoms with Crippen LogP contribution in [0.2, 0.25) is 0 Å². The number of rotatable bonds is 5. The summed E-state index contributed by atoms with van der Waals surface area (Å²) in [5, 5.41) is 2.96. The molecule has 1 amide bonds. The van der Waals surface area contributed by atoms with Crippen LogP contribution in [0.25, 0.3) is 11.3 Å². The van der Waals surface area contributed by atoms with E-state index in [1.54, 1.807) is 30.3 Å². The summed E-state index contributed by atoms with van der Waals surface area (Å²) in [4.78, 5) is 29.3. The van der Waals surface area contributed by atoms with E-state index in [0.29, 0.717) is 28.6 Å². The van der Waals surface area contributed by atoms with E-state index in [2.05, 4.69) is 10.3 Å². The van der Waals surface area contributed by atoms with Gasteiger partial charge in [-0.1, -0.05) is 24.3 Å². The highest BCUT2D eigenvalue weighted by atomic mass is 16.7. The number of carbonyl (C=O) groups excluding carboxylic acids is 2. The third-order valence-corrected chi connectivity index (χ3v) is 5.70. The summed E-state index contributed by atoms with van der Waals surface area (Å²) in [7, 11) is 1.35. The van der Waals surface area contributed by atoms with Gasteiger partial charge in [-0.15, -0.1) is 0 Å². The number of hydrogen-bond donors (Lipinski definition) is 1. The number of ether oxygens (including phenoxy) is 3. The quantitative estimate of drug-likeness (QED) is 0.626. The highest BCUT2D eigenvalue weighted by molar-refractivity contribution is 6.01. The lowest BCUT2D eigenvalue weighted by Gasteiger charge is -2.16. The highest BCUT2D eigenvalue weighted by Crippen LogP contribution is 2.51. The molecule has 1 fully saturated rings. The smallest absolute Gasteiger partial charge is 0.337 e. The predicted molar refractivity (Wildman–Crippen MR) is 115 cm³/mol. The fraction of sp³-hybridized carbons (Fsp3) is 0.208. The number of esters is 1. The molecule has 7 heteroatoms. The van der Waals surface area contributed by atoms with E-state index in [4.69, 9.17) is 14.2 Å². The van der Waals surface area contributed by atoms with Gasteiger partial charge in [-0.3, -0.25) is 4.79 Å². The Balaban J connectivity index is 0.00000245. The lowest BCUT2D eigenvalue weighted by atomic mass is 9.94. The maximum atomic E-state index is 13.1. The zero-order chi connectivity index (χ0) is 21.4. The van der Waals surface area contributed by atoms with Crippen LogP contribution in [0, 0.1) is 0 Å². The summed E-state index contributed by atoms with van der Waals surface area (Å²) in [6.07, 6.45) is 1.54. The van der Waals surface area contributed by atoms with Gasteiger partial charge in [0.05, 0.1) is 23.8 Å². The molecule has 0 radical (unpaired) electrons. The van der Waals surface area contributed by atoms with E-state index in [1.807, 2.05) is 30.3 Å². The number of nitrogens with zero attached hydrogens (tertiary/aromatic N) is 1. The van der Waals surface area contributed by atoms with Gasteiger partial charge < -0.3 is 19.5 Å². The molecule has 1 N–H and O–H groups in total. The Bertz CT molecular complexity index is 1180. The summed E-state index contributed by atoms with van der Waals surface area (Å²) in [5.41, 5.74) is 2.35. The van der Waals surface area contributed by atoms with Crippen molar-refractivity contribution in [2.75, 3.05) is 19.2 Å². The van der Waals surface area contributed by atoms with Gasteiger partial charge in [0.2, 0.25) is 12.7 Å². The van der Waals surface area contributed by atoms with Gasteiger partial charge in [-0.2, -0.15) is 0 Å². The molecule has 2 aromatic carbocycles. The normalized spacial score (nSPS) is 15.3. The first kappa shape index (κ1) is 19.1. The second-order valence-electron chi connectivity index (χ2n) is 7.58. The van der Waals surface area contributed by atoms with E-state index >= 15 is 0 Å². The number of aromatic nitrogens is 1. The fourth-order valence-electron chi connectivity index (χ4n) is 3.76. The molecule has 5 rings (SSSR count). The van der Waals surface area contributed by atoms with Crippen molar-refractivity contribution < 1.29 is 25.2 Å². The minimum Gasteiger partial charge on any atom is -0.465 e. The largest absolute Gasteiger partial charge is 0.465 e. The molecular weight excluding hydrogens is 396 g/mol. The van der Waals surface area contributed by atoms with Crippen LogP contribution in [-0.4, -0.2) is 30.8 Å². The number of benzene rings is 2. The van der Waals surface area contributed by atoms with Crippen LogP contribution in [-0.2, 0) is 14.9 Å².